The molecular formula is C17H18N2O2. The van der Waals surface area contributed by atoms with Crippen LogP contribution in [0.2, 0.25) is 0 Å². The van der Waals surface area contributed by atoms with Crippen LogP contribution in [0, 0.1) is 5.92 Å². The normalized spacial score (nSPS) is 17.6. The number of allylic oxidation sites excluding steroid dienone is 2. The van der Waals surface area contributed by atoms with Crippen LogP contribution in [0.1, 0.15) is 24.8 Å². The number of nitrogens with zero attached hydrogens (tertiary/aromatic N) is 1. The maximum Gasteiger partial charge on any atom is 0.223 e. The highest BCUT2D eigenvalue weighted by Gasteiger charge is 2.18. The van der Waals surface area contributed by atoms with E-state index in [1.54, 1.807) is 12.5 Å². The zero-order valence-electron chi connectivity index (χ0n) is 11.8. The van der Waals surface area contributed by atoms with Gasteiger partial charge in [-0.15, -0.1) is 0 Å². The SMILES string of the molecule is O=C(NCc1ccc(-c2ccco2)nc1)C1CC=CCC1. The Bertz CT molecular complexity index is 615. The molecule has 108 valence electrons. The molecule has 1 amide bonds. The van der Waals surface area contributed by atoms with E-state index in [0.29, 0.717) is 6.54 Å². The Hall–Kier alpha value is -2.36. The van der Waals surface area contributed by atoms with Crippen LogP contribution < -0.4 is 5.32 Å². The van der Waals surface area contributed by atoms with E-state index in [0.717, 1.165) is 36.3 Å². The summed E-state index contributed by atoms with van der Waals surface area (Å²) in [6, 6.07) is 7.58. The van der Waals surface area contributed by atoms with Crippen LogP contribution in [0.4, 0.5) is 0 Å². The van der Waals surface area contributed by atoms with Crippen molar-refractivity contribution >= 4 is 5.91 Å². The third kappa shape index (κ3) is 3.40. The Labute approximate surface area is 123 Å². The Morgan fingerprint density at radius 3 is 2.95 bits per heavy atom. The maximum atomic E-state index is 12.0. The number of aromatic nitrogens is 1. The molecular weight excluding hydrogens is 264 g/mol. The molecule has 0 saturated heterocycles. The number of carbonyl (C=O) groups excluding carboxylic acids is 1. The minimum atomic E-state index is 0.116. The van der Waals surface area contributed by atoms with Gasteiger partial charge in [0.25, 0.3) is 0 Å². The van der Waals surface area contributed by atoms with Crippen LogP contribution in [0.25, 0.3) is 11.5 Å². The lowest BCUT2D eigenvalue weighted by molar-refractivity contribution is -0.125. The smallest absolute Gasteiger partial charge is 0.223 e. The molecule has 0 spiro atoms. The first-order chi connectivity index (χ1) is 10.3. The number of nitrogens with one attached hydrogen (secondary N) is 1. The summed E-state index contributed by atoms with van der Waals surface area (Å²) in [4.78, 5) is 16.4. The second-order valence-corrected chi connectivity index (χ2v) is 5.23. The molecule has 2 aromatic heterocycles. The van der Waals surface area contributed by atoms with Crippen molar-refractivity contribution in [1.82, 2.24) is 10.3 Å². The van der Waals surface area contributed by atoms with Crippen LogP contribution in [-0.4, -0.2) is 10.9 Å². The molecule has 4 nitrogen and oxygen atoms in total. The molecule has 1 aliphatic rings. The van der Waals surface area contributed by atoms with E-state index < -0.39 is 0 Å². The van der Waals surface area contributed by atoms with E-state index in [1.165, 1.54) is 0 Å². The predicted octanol–water partition coefficient (Wildman–Crippen LogP) is 3.31. The molecule has 0 bridgehead atoms. The van der Waals surface area contributed by atoms with Gasteiger partial charge in [-0.1, -0.05) is 18.2 Å². The molecule has 0 radical (unpaired) electrons. The molecule has 1 aliphatic carbocycles. The molecule has 4 heteroatoms. The summed E-state index contributed by atoms with van der Waals surface area (Å²) in [7, 11) is 0. The summed E-state index contributed by atoms with van der Waals surface area (Å²) >= 11 is 0. The van der Waals surface area contributed by atoms with Crippen molar-refractivity contribution in [2.75, 3.05) is 0 Å². The monoisotopic (exact) mass is 282 g/mol. The largest absolute Gasteiger partial charge is 0.463 e. The van der Waals surface area contributed by atoms with Gasteiger partial charge >= 0.3 is 0 Å². The summed E-state index contributed by atoms with van der Waals surface area (Å²) < 4.78 is 5.30. The first kappa shape index (κ1) is 13.6. The summed E-state index contributed by atoms with van der Waals surface area (Å²) in [5.41, 5.74) is 1.79. The molecule has 0 saturated carbocycles. The molecule has 1 unspecified atom stereocenters. The van der Waals surface area contributed by atoms with Crippen molar-refractivity contribution in [3.63, 3.8) is 0 Å². The van der Waals surface area contributed by atoms with E-state index >= 15 is 0 Å². The van der Waals surface area contributed by atoms with Gasteiger partial charge in [-0.25, -0.2) is 0 Å². The summed E-state index contributed by atoms with van der Waals surface area (Å²) in [6.07, 6.45) is 10.4. The van der Waals surface area contributed by atoms with Crippen molar-refractivity contribution < 1.29 is 9.21 Å². The Morgan fingerprint density at radius 1 is 1.33 bits per heavy atom. The van der Waals surface area contributed by atoms with Gasteiger partial charge in [-0.05, 0) is 43.0 Å². The molecule has 2 heterocycles. The van der Waals surface area contributed by atoms with Gasteiger partial charge in [0, 0.05) is 18.7 Å². The molecule has 0 aliphatic heterocycles. The minimum absolute atomic E-state index is 0.116. The average molecular weight is 282 g/mol. The third-order valence-electron chi connectivity index (χ3n) is 3.70. The standard InChI is InChI=1S/C17H18N2O2/c20-17(14-5-2-1-3-6-14)19-12-13-8-9-15(18-11-13)16-7-4-10-21-16/h1-2,4,7-11,14H,3,5-6,12H2,(H,19,20). The van der Waals surface area contributed by atoms with Crippen LogP contribution in [0.3, 0.4) is 0 Å². The van der Waals surface area contributed by atoms with Crippen LogP contribution in [0.15, 0.2) is 53.3 Å². The fourth-order valence-corrected chi connectivity index (χ4v) is 2.46. The highest BCUT2D eigenvalue weighted by atomic mass is 16.3. The predicted molar refractivity (Wildman–Crippen MR) is 80.3 cm³/mol. The lowest BCUT2D eigenvalue weighted by Gasteiger charge is -2.17. The lowest BCUT2D eigenvalue weighted by atomic mass is 9.93. The van der Waals surface area contributed by atoms with Gasteiger partial charge in [0.2, 0.25) is 5.91 Å². The topological polar surface area (TPSA) is 55.1 Å². The van der Waals surface area contributed by atoms with Crippen LogP contribution in [0.5, 0.6) is 0 Å². The van der Waals surface area contributed by atoms with E-state index in [2.05, 4.69) is 22.5 Å². The molecule has 21 heavy (non-hydrogen) atoms. The molecule has 0 aromatic carbocycles. The first-order valence-electron chi connectivity index (χ1n) is 7.24. The number of hydrogen-bond acceptors (Lipinski definition) is 3. The van der Waals surface area contributed by atoms with Gasteiger partial charge < -0.3 is 9.73 Å². The van der Waals surface area contributed by atoms with E-state index in [4.69, 9.17) is 4.42 Å². The van der Waals surface area contributed by atoms with Crippen molar-refractivity contribution in [3.8, 4) is 11.5 Å². The van der Waals surface area contributed by atoms with Crippen LogP contribution >= 0.6 is 0 Å². The van der Waals surface area contributed by atoms with E-state index in [-0.39, 0.29) is 11.8 Å². The van der Waals surface area contributed by atoms with E-state index in [1.807, 2.05) is 24.3 Å². The van der Waals surface area contributed by atoms with Crippen molar-refractivity contribution in [2.45, 2.75) is 25.8 Å². The zero-order chi connectivity index (χ0) is 14.5. The zero-order valence-corrected chi connectivity index (χ0v) is 11.8. The second kappa shape index (κ2) is 6.39. The number of rotatable bonds is 4. The lowest BCUT2D eigenvalue weighted by Crippen LogP contribution is -2.30. The Morgan fingerprint density at radius 2 is 2.29 bits per heavy atom. The molecule has 1 atom stereocenters. The quantitative estimate of drug-likeness (QED) is 0.875. The first-order valence-corrected chi connectivity index (χ1v) is 7.24. The summed E-state index contributed by atoms with van der Waals surface area (Å²) in [5.74, 6) is 0.999. The molecule has 1 N–H and O–H groups in total. The second-order valence-electron chi connectivity index (χ2n) is 5.23. The highest BCUT2D eigenvalue weighted by molar-refractivity contribution is 5.78. The molecule has 3 rings (SSSR count). The summed E-state index contributed by atoms with van der Waals surface area (Å²) in [6.45, 7) is 0.518. The van der Waals surface area contributed by atoms with Crippen LogP contribution in [-0.2, 0) is 11.3 Å². The van der Waals surface area contributed by atoms with Crippen molar-refractivity contribution in [1.29, 1.82) is 0 Å². The van der Waals surface area contributed by atoms with Crippen molar-refractivity contribution in [3.05, 3.63) is 54.4 Å². The van der Waals surface area contributed by atoms with Gasteiger partial charge in [0.05, 0.1) is 6.26 Å². The fourth-order valence-electron chi connectivity index (χ4n) is 2.46. The number of amides is 1. The Kier molecular flexibility index (Phi) is 4.15. The van der Waals surface area contributed by atoms with E-state index in [9.17, 15) is 4.79 Å². The molecule has 0 fully saturated rings. The fraction of sp³-hybridized carbons (Fsp3) is 0.294. The number of hydrogen-bond donors (Lipinski definition) is 1. The van der Waals surface area contributed by atoms with Gasteiger partial charge in [0.1, 0.15) is 5.69 Å². The molecule has 2 aromatic rings. The number of pyridine rings is 1. The highest BCUT2D eigenvalue weighted by Crippen LogP contribution is 2.19. The summed E-state index contributed by atoms with van der Waals surface area (Å²) in [5, 5.41) is 2.99. The number of carbonyl (C=O) groups is 1. The van der Waals surface area contributed by atoms with Gasteiger partial charge in [-0.2, -0.15) is 0 Å². The number of furan rings is 1. The maximum absolute atomic E-state index is 12.0. The average Bonchev–Trinajstić information content (AvgIpc) is 3.08. The Balaban J connectivity index is 1.56. The minimum Gasteiger partial charge on any atom is -0.463 e. The van der Waals surface area contributed by atoms with Gasteiger partial charge in [-0.3, -0.25) is 9.78 Å². The third-order valence-corrected chi connectivity index (χ3v) is 3.70. The van der Waals surface area contributed by atoms with Crippen molar-refractivity contribution in [2.24, 2.45) is 5.92 Å². The van der Waals surface area contributed by atoms with Gasteiger partial charge in [0.15, 0.2) is 5.76 Å².